The van der Waals surface area contributed by atoms with Crippen LogP contribution in [0.1, 0.15) is 23.6 Å². The van der Waals surface area contributed by atoms with Crippen molar-refractivity contribution < 1.29 is 4.42 Å². The van der Waals surface area contributed by atoms with Crippen molar-refractivity contribution >= 4 is 11.0 Å². The molecule has 1 atom stereocenters. The molecule has 0 fully saturated rings. The minimum Gasteiger partial charge on any atom is -0.464 e. The fourth-order valence-electron chi connectivity index (χ4n) is 4.41. The van der Waals surface area contributed by atoms with E-state index in [0.717, 1.165) is 35.3 Å². The van der Waals surface area contributed by atoms with E-state index in [2.05, 4.69) is 65.5 Å². The molecule has 4 nitrogen and oxygen atoms in total. The predicted molar refractivity (Wildman–Crippen MR) is 106 cm³/mol. The molecule has 134 valence electrons. The number of aromatic nitrogens is 2. The van der Waals surface area contributed by atoms with Crippen LogP contribution in [-0.4, -0.2) is 28.7 Å². The van der Waals surface area contributed by atoms with Crippen molar-refractivity contribution in [2.75, 3.05) is 13.6 Å². The molecule has 5 rings (SSSR count). The number of rotatable bonds is 2. The smallest absolute Gasteiger partial charge is 0.133 e. The second-order valence-electron chi connectivity index (χ2n) is 7.66. The molecule has 0 aliphatic carbocycles. The van der Waals surface area contributed by atoms with Crippen LogP contribution in [0.5, 0.6) is 0 Å². The Morgan fingerprint density at radius 1 is 1.07 bits per heavy atom. The number of hydrogen-bond acceptors (Lipinski definition) is 4. The molecule has 3 heterocycles. The van der Waals surface area contributed by atoms with Crippen LogP contribution >= 0.6 is 0 Å². The summed E-state index contributed by atoms with van der Waals surface area (Å²) < 4.78 is 5.53. The molecule has 1 unspecified atom stereocenters. The van der Waals surface area contributed by atoms with E-state index in [1.54, 1.807) is 12.5 Å². The molecule has 1 aliphatic rings. The van der Waals surface area contributed by atoms with Gasteiger partial charge in [0.05, 0.1) is 12.0 Å². The summed E-state index contributed by atoms with van der Waals surface area (Å²) in [7, 11) is 2.19. The monoisotopic (exact) mass is 355 g/mol. The van der Waals surface area contributed by atoms with Gasteiger partial charge < -0.3 is 9.32 Å². The third-order valence-corrected chi connectivity index (χ3v) is 5.68. The molecule has 0 saturated carbocycles. The zero-order chi connectivity index (χ0) is 18.4. The van der Waals surface area contributed by atoms with Crippen LogP contribution in [0.3, 0.4) is 0 Å². The Morgan fingerprint density at radius 3 is 2.85 bits per heavy atom. The zero-order valence-corrected chi connectivity index (χ0v) is 15.5. The van der Waals surface area contributed by atoms with Gasteiger partial charge in [0, 0.05) is 35.7 Å². The van der Waals surface area contributed by atoms with E-state index in [9.17, 15) is 0 Å². The van der Waals surface area contributed by atoms with Gasteiger partial charge in [-0.2, -0.15) is 10.2 Å². The summed E-state index contributed by atoms with van der Waals surface area (Å²) in [4.78, 5) is 2.39. The number of benzene rings is 2. The largest absolute Gasteiger partial charge is 0.464 e. The quantitative estimate of drug-likeness (QED) is 0.525. The molecule has 0 saturated heterocycles. The topological polar surface area (TPSA) is 42.2 Å². The van der Waals surface area contributed by atoms with Crippen molar-refractivity contribution in [1.29, 1.82) is 0 Å². The summed E-state index contributed by atoms with van der Waals surface area (Å²) in [6, 6.07) is 19.2. The van der Waals surface area contributed by atoms with E-state index in [0.29, 0.717) is 0 Å². The summed E-state index contributed by atoms with van der Waals surface area (Å²) in [5.41, 5.74) is 6.94. The first kappa shape index (κ1) is 16.2. The third kappa shape index (κ3) is 2.64. The van der Waals surface area contributed by atoms with E-state index >= 15 is 0 Å². The molecule has 0 N–H and O–H groups in total. The van der Waals surface area contributed by atoms with Crippen LogP contribution in [0, 0.1) is 0 Å². The maximum absolute atomic E-state index is 5.53. The fourth-order valence-corrected chi connectivity index (χ4v) is 4.41. The molecule has 0 spiro atoms. The molecule has 0 bridgehead atoms. The van der Waals surface area contributed by atoms with Gasteiger partial charge in [0.15, 0.2) is 0 Å². The first-order valence-corrected chi connectivity index (χ1v) is 9.21. The van der Waals surface area contributed by atoms with E-state index in [1.807, 2.05) is 18.2 Å². The molecule has 1 aliphatic heterocycles. The van der Waals surface area contributed by atoms with Crippen molar-refractivity contribution in [3.05, 3.63) is 83.7 Å². The summed E-state index contributed by atoms with van der Waals surface area (Å²) in [5.74, 6) is 0. The van der Waals surface area contributed by atoms with Crippen LogP contribution in [-0.2, 0) is 12.0 Å². The van der Waals surface area contributed by atoms with E-state index in [4.69, 9.17) is 4.42 Å². The lowest BCUT2D eigenvalue weighted by atomic mass is 9.71. The van der Waals surface area contributed by atoms with Gasteiger partial charge >= 0.3 is 0 Å². The van der Waals surface area contributed by atoms with Gasteiger partial charge in [0.25, 0.3) is 0 Å². The van der Waals surface area contributed by atoms with Crippen molar-refractivity contribution in [2.24, 2.45) is 0 Å². The number of furan rings is 1. The Labute approximate surface area is 158 Å². The summed E-state index contributed by atoms with van der Waals surface area (Å²) in [5, 5.41) is 9.44. The SMILES string of the molecule is CN1Cc2cc(-c3cccnn3)ccc2C(C)(c2ccc3occc3c2)C1. The Bertz CT molecular complexity index is 1120. The Hall–Kier alpha value is -2.98. The van der Waals surface area contributed by atoms with Gasteiger partial charge in [0.1, 0.15) is 5.58 Å². The van der Waals surface area contributed by atoms with Crippen LogP contribution in [0.25, 0.3) is 22.2 Å². The Balaban J connectivity index is 1.65. The van der Waals surface area contributed by atoms with Crippen LogP contribution in [0.2, 0.25) is 0 Å². The van der Waals surface area contributed by atoms with Gasteiger partial charge in [-0.05, 0) is 60.1 Å². The molecular weight excluding hydrogens is 334 g/mol. The second kappa shape index (κ2) is 6.03. The highest BCUT2D eigenvalue weighted by molar-refractivity contribution is 5.78. The standard InChI is InChI=1S/C23H21N3O/c1-23(19-6-8-22-17(13-19)9-11-27-22)15-26(2)14-18-12-16(5-7-20(18)23)21-4-3-10-24-25-21/h3-13H,14-15H2,1-2H3. The van der Waals surface area contributed by atoms with E-state index in [1.165, 1.54) is 16.7 Å². The maximum atomic E-state index is 5.53. The van der Waals surface area contributed by atoms with Crippen LogP contribution < -0.4 is 0 Å². The van der Waals surface area contributed by atoms with Crippen molar-refractivity contribution in [2.45, 2.75) is 18.9 Å². The molecule has 0 amide bonds. The van der Waals surface area contributed by atoms with Crippen molar-refractivity contribution in [1.82, 2.24) is 15.1 Å². The van der Waals surface area contributed by atoms with Crippen LogP contribution in [0.15, 0.2) is 71.5 Å². The highest BCUT2D eigenvalue weighted by atomic mass is 16.3. The average Bonchev–Trinajstić information content (AvgIpc) is 3.16. The molecule has 4 heteroatoms. The molecule has 2 aromatic carbocycles. The highest BCUT2D eigenvalue weighted by Crippen LogP contribution is 2.41. The van der Waals surface area contributed by atoms with E-state index < -0.39 is 0 Å². The van der Waals surface area contributed by atoms with Gasteiger partial charge in [-0.3, -0.25) is 0 Å². The van der Waals surface area contributed by atoms with Crippen LogP contribution in [0.4, 0.5) is 0 Å². The average molecular weight is 355 g/mol. The molecular formula is C23H21N3O. The first-order valence-electron chi connectivity index (χ1n) is 9.21. The van der Waals surface area contributed by atoms with Crippen molar-refractivity contribution in [3.8, 4) is 11.3 Å². The molecule has 2 aromatic heterocycles. The maximum Gasteiger partial charge on any atom is 0.133 e. The number of likely N-dealkylation sites (N-methyl/N-ethyl adjacent to an activating group) is 1. The summed E-state index contributed by atoms with van der Waals surface area (Å²) >= 11 is 0. The lowest BCUT2D eigenvalue weighted by Gasteiger charge is -2.41. The van der Waals surface area contributed by atoms with Crippen molar-refractivity contribution in [3.63, 3.8) is 0 Å². The number of nitrogens with zero attached hydrogens (tertiary/aromatic N) is 3. The van der Waals surface area contributed by atoms with E-state index in [-0.39, 0.29) is 5.41 Å². The fraction of sp³-hybridized carbons (Fsp3) is 0.217. The lowest BCUT2D eigenvalue weighted by Crippen LogP contribution is -2.42. The minimum absolute atomic E-state index is 0.0747. The first-order chi connectivity index (χ1) is 13.1. The third-order valence-electron chi connectivity index (χ3n) is 5.68. The van der Waals surface area contributed by atoms with Gasteiger partial charge in [-0.15, -0.1) is 0 Å². The minimum atomic E-state index is -0.0747. The van der Waals surface area contributed by atoms with Gasteiger partial charge in [-0.1, -0.05) is 25.1 Å². The molecule has 27 heavy (non-hydrogen) atoms. The lowest BCUT2D eigenvalue weighted by molar-refractivity contribution is 0.248. The Morgan fingerprint density at radius 2 is 2.00 bits per heavy atom. The van der Waals surface area contributed by atoms with Gasteiger partial charge in [0.2, 0.25) is 0 Å². The number of hydrogen-bond donors (Lipinski definition) is 0. The highest BCUT2D eigenvalue weighted by Gasteiger charge is 2.36. The molecule has 4 aromatic rings. The number of fused-ring (bicyclic) bond motifs is 2. The summed E-state index contributed by atoms with van der Waals surface area (Å²) in [6.07, 6.45) is 3.46. The zero-order valence-electron chi connectivity index (χ0n) is 15.5. The summed E-state index contributed by atoms with van der Waals surface area (Å²) in [6.45, 7) is 4.26. The normalized spacial score (nSPS) is 19.9. The second-order valence-corrected chi connectivity index (χ2v) is 7.66. The molecule has 0 radical (unpaired) electrons. The predicted octanol–water partition coefficient (Wildman–Crippen LogP) is 4.64. The Kier molecular flexibility index (Phi) is 3.62. The van der Waals surface area contributed by atoms with Gasteiger partial charge in [-0.25, -0.2) is 0 Å².